The molecule has 0 saturated carbocycles. The molecule has 0 saturated heterocycles. The van der Waals surface area contributed by atoms with Crippen molar-refractivity contribution < 1.29 is 24.8 Å². The van der Waals surface area contributed by atoms with E-state index in [1.54, 1.807) is 6.07 Å². The Balaban J connectivity index is 1.66. The van der Waals surface area contributed by atoms with E-state index in [0.29, 0.717) is 53.9 Å². The maximum absolute atomic E-state index is 10.7. The number of benzene rings is 2. The molecule has 2 atom stereocenters. The second-order valence-electron chi connectivity index (χ2n) is 13.6. The van der Waals surface area contributed by atoms with Crippen LogP contribution in [-0.2, 0) is 24.4 Å². The maximum atomic E-state index is 10.7. The van der Waals surface area contributed by atoms with Gasteiger partial charge < -0.3 is 24.8 Å². The number of aliphatic hydroxyl groups excluding tert-OH is 2. The first kappa shape index (κ1) is 31.8. The third-order valence-electron chi connectivity index (χ3n) is 7.68. The Labute approximate surface area is 241 Å². The van der Waals surface area contributed by atoms with E-state index < -0.39 is 0 Å². The first-order valence-electron chi connectivity index (χ1n) is 14.5. The number of allylic oxidation sites excluding steroid dienone is 3. The molecule has 2 aromatic carbocycles. The Hall–Kier alpha value is -2.76. The molecule has 0 fully saturated rings. The average molecular weight is 551 g/mol. The highest BCUT2D eigenvalue weighted by Crippen LogP contribution is 2.43. The molecule has 1 aliphatic rings. The monoisotopic (exact) mass is 550 g/mol. The van der Waals surface area contributed by atoms with Crippen LogP contribution >= 0.6 is 0 Å². The van der Waals surface area contributed by atoms with Crippen molar-refractivity contribution in [2.45, 2.75) is 87.9 Å². The van der Waals surface area contributed by atoms with Gasteiger partial charge in [-0.2, -0.15) is 0 Å². The highest BCUT2D eigenvalue weighted by molar-refractivity contribution is 5.51. The van der Waals surface area contributed by atoms with Gasteiger partial charge in [0.1, 0.15) is 30.5 Å². The number of hydrogen-bond donors (Lipinski definition) is 3. The lowest BCUT2D eigenvalue weighted by Gasteiger charge is -2.40. The minimum Gasteiger partial charge on any atom is -0.507 e. The zero-order valence-corrected chi connectivity index (χ0v) is 25.8. The topological polar surface area (TPSA) is 79.2 Å². The van der Waals surface area contributed by atoms with Crippen molar-refractivity contribution in [3.05, 3.63) is 81.6 Å². The molecule has 0 radical (unpaired) electrons. The van der Waals surface area contributed by atoms with E-state index in [0.717, 1.165) is 28.9 Å². The predicted octanol–water partition coefficient (Wildman–Crippen LogP) is 7.54. The number of aryl methyl sites for hydroxylation is 2. The SMILES string of the molecule is Cc1cc(CO)c(O)c(Cc2cc(C)cc(CO)c2OCCOC2=CCC(C(CC(C)(C)C)C(C)(C)C)C=C2)c1. The van der Waals surface area contributed by atoms with E-state index in [1.807, 2.05) is 32.0 Å². The summed E-state index contributed by atoms with van der Waals surface area (Å²) >= 11 is 0. The van der Waals surface area contributed by atoms with Crippen molar-refractivity contribution in [1.29, 1.82) is 0 Å². The van der Waals surface area contributed by atoms with Gasteiger partial charge in [0.05, 0.1) is 13.2 Å². The van der Waals surface area contributed by atoms with Crippen LogP contribution in [0, 0.1) is 36.5 Å². The fourth-order valence-corrected chi connectivity index (χ4v) is 5.84. The van der Waals surface area contributed by atoms with Crippen LogP contribution in [0.15, 0.2) is 48.3 Å². The Morgan fingerprint density at radius 3 is 1.95 bits per heavy atom. The maximum Gasteiger partial charge on any atom is 0.128 e. The molecule has 5 nitrogen and oxygen atoms in total. The fourth-order valence-electron chi connectivity index (χ4n) is 5.84. The van der Waals surface area contributed by atoms with Gasteiger partial charge in [-0.25, -0.2) is 0 Å². The molecule has 3 rings (SSSR count). The zero-order valence-electron chi connectivity index (χ0n) is 25.8. The summed E-state index contributed by atoms with van der Waals surface area (Å²) < 4.78 is 12.3. The summed E-state index contributed by atoms with van der Waals surface area (Å²) in [4.78, 5) is 0. The van der Waals surface area contributed by atoms with Crippen molar-refractivity contribution in [1.82, 2.24) is 0 Å². The summed E-state index contributed by atoms with van der Waals surface area (Å²) in [6.45, 7) is 18.2. The van der Waals surface area contributed by atoms with Gasteiger partial charge in [-0.05, 0) is 72.6 Å². The molecule has 1 aliphatic carbocycles. The van der Waals surface area contributed by atoms with Gasteiger partial charge in [0.2, 0.25) is 0 Å². The van der Waals surface area contributed by atoms with E-state index in [1.165, 1.54) is 6.42 Å². The lowest BCUT2D eigenvalue weighted by molar-refractivity contribution is 0.119. The van der Waals surface area contributed by atoms with Crippen molar-refractivity contribution in [2.24, 2.45) is 22.7 Å². The molecule has 0 bridgehead atoms. The predicted molar refractivity (Wildman–Crippen MR) is 162 cm³/mol. The molecule has 0 aliphatic heterocycles. The van der Waals surface area contributed by atoms with E-state index in [-0.39, 0.29) is 29.8 Å². The van der Waals surface area contributed by atoms with E-state index >= 15 is 0 Å². The van der Waals surface area contributed by atoms with E-state index in [9.17, 15) is 15.3 Å². The third-order valence-corrected chi connectivity index (χ3v) is 7.68. The summed E-state index contributed by atoms with van der Waals surface area (Å²) in [6, 6.07) is 7.65. The van der Waals surface area contributed by atoms with Crippen molar-refractivity contribution >= 4 is 0 Å². The molecule has 2 unspecified atom stereocenters. The van der Waals surface area contributed by atoms with Crippen LogP contribution in [0.4, 0.5) is 0 Å². The van der Waals surface area contributed by atoms with Gasteiger partial charge in [0, 0.05) is 17.5 Å². The number of rotatable bonds is 11. The van der Waals surface area contributed by atoms with Gasteiger partial charge in [-0.1, -0.05) is 83.0 Å². The van der Waals surface area contributed by atoms with Crippen LogP contribution in [0.2, 0.25) is 0 Å². The molecule has 2 aromatic rings. The number of phenols is 1. The number of aliphatic hydroxyl groups is 2. The minimum atomic E-state index is -0.227. The Morgan fingerprint density at radius 1 is 0.825 bits per heavy atom. The summed E-state index contributed by atoms with van der Waals surface area (Å²) in [5.41, 5.74) is 5.28. The van der Waals surface area contributed by atoms with Crippen LogP contribution in [0.3, 0.4) is 0 Å². The molecule has 3 N–H and O–H groups in total. The number of hydrogen-bond acceptors (Lipinski definition) is 5. The zero-order chi connectivity index (χ0) is 29.7. The molecule has 0 heterocycles. The molecular weight excluding hydrogens is 500 g/mol. The second-order valence-corrected chi connectivity index (χ2v) is 13.6. The molecule has 0 aromatic heterocycles. The first-order chi connectivity index (χ1) is 18.7. The second kappa shape index (κ2) is 13.3. The van der Waals surface area contributed by atoms with Crippen LogP contribution in [-0.4, -0.2) is 28.5 Å². The van der Waals surface area contributed by atoms with Crippen LogP contribution in [0.25, 0.3) is 0 Å². The molecule has 0 amide bonds. The normalized spacial score (nSPS) is 16.6. The molecule has 40 heavy (non-hydrogen) atoms. The van der Waals surface area contributed by atoms with Crippen molar-refractivity contribution in [2.75, 3.05) is 13.2 Å². The van der Waals surface area contributed by atoms with Crippen molar-refractivity contribution in [3.63, 3.8) is 0 Å². The lowest BCUT2D eigenvalue weighted by atomic mass is 9.65. The van der Waals surface area contributed by atoms with E-state index in [4.69, 9.17) is 9.47 Å². The molecule has 0 spiro atoms. The molecule has 220 valence electrons. The summed E-state index contributed by atoms with van der Waals surface area (Å²) in [5.74, 6) is 2.67. The quantitative estimate of drug-likeness (QED) is 0.252. The number of ether oxygens (including phenoxy) is 2. The Morgan fingerprint density at radius 2 is 1.40 bits per heavy atom. The molecular formula is C35H50O5. The largest absolute Gasteiger partial charge is 0.507 e. The van der Waals surface area contributed by atoms with Gasteiger partial charge in [0.15, 0.2) is 0 Å². The third kappa shape index (κ3) is 8.62. The van der Waals surface area contributed by atoms with Gasteiger partial charge in [-0.3, -0.25) is 0 Å². The average Bonchev–Trinajstić information content (AvgIpc) is 2.87. The van der Waals surface area contributed by atoms with E-state index in [2.05, 4.69) is 59.8 Å². The van der Waals surface area contributed by atoms with Crippen molar-refractivity contribution in [3.8, 4) is 11.5 Å². The van der Waals surface area contributed by atoms with Crippen LogP contribution in [0.1, 0.15) is 87.8 Å². The summed E-state index contributed by atoms with van der Waals surface area (Å²) in [5, 5.41) is 30.4. The van der Waals surface area contributed by atoms with Gasteiger partial charge in [0.25, 0.3) is 0 Å². The standard InChI is InChI=1S/C35H50O5/c1-23-15-26(32(38)28(17-23)21-36)19-27-16-24(2)18-29(22-37)33(27)40-14-13-39-30-11-9-25(10-12-30)31(35(6,7)8)20-34(3,4)5/h9,11-12,15-18,25,31,36-38H,10,13-14,19-22H2,1-8H3. The first-order valence-corrected chi connectivity index (χ1v) is 14.5. The van der Waals surface area contributed by atoms with Crippen LogP contribution in [0.5, 0.6) is 11.5 Å². The lowest BCUT2D eigenvalue weighted by Crippen LogP contribution is -2.31. The Bertz CT molecular complexity index is 1210. The highest BCUT2D eigenvalue weighted by Gasteiger charge is 2.34. The summed E-state index contributed by atoms with van der Waals surface area (Å²) in [7, 11) is 0. The minimum absolute atomic E-state index is 0.0972. The Kier molecular flexibility index (Phi) is 10.5. The van der Waals surface area contributed by atoms with Gasteiger partial charge in [-0.15, -0.1) is 0 Å². The van der Waals surface area contributed by atoms with Gasteiger partial charge >= 0.3 is 0 Å². The van der Waals surface area contributed by atoms with Crippen LogP contribution < -0.4 is 4.74 Å². The summed E-state index contributed by atoms with van der Waals surface area (Å²) in [6.07, 6.45) is 9.18. The smallest absolute Gasteiger partial charge is 0.128 e. The fraction of sp³-hybridized carbons (Fsp3) is 0.543. The molecule has 5 heteroatoms. The highest BCUT2D eigenvalue weighted by atomic mass is 16.5. The number of aromatic hydroxyl groups is 1.